The number of hydrogen-bond donors (Lipinski definition) is 1. The lowest BCUT2D eigenvalue weighted by Crippen LogP contribution is -2.22. The molecular weight excluding hydrogens is 354 g/mol. The molecule has 28 heavy (non-hydrogen) atoms. The van der Waals surface area contributed by atoms with Crippen LogP contribution >= 0.6 is 0 Å². The summed E-state index contributed by atoms with van der Waals surface area (Å²) in [6, 6.07) is 9.11. The number of anilines is 1. The highest BCUT2D eigenvalue weighted by molar-refractivity contribution is 6.06. The van der Waals surface area contributed by atoms with E-state index in [2.05, 4.69) is 19.9 Å². The molecule has 0 radical (unpaired) electrons. The molecule has 2 amide bonds. The molecule has 0 aliphatic heterocycles. The van der Waals surface area contributed by atoms with E-state index in [4.69, 9.17) is 0 Å². The van der Waals surface area contributed by atoms with E-state index in [9.17, 15) is 9.59 Å². The molecule has 7 nitrogen and oxygen atoms in total. The number of aromatic nitrogens is 3. The summed E-state index contributed by atoms with van der Waals surface area (Å²) in [5.74, 6) is -0.393. The van der Waals surface area contributed by atoms with Crippen molar-refractivity contribution >= 4 is 28.7 Å². The van der Waals surface area contributed by atoms with Crippen LogP contribution in [0.3, 0.4) is 0 Å². The number of amides is 2. The predicted molar refractivity (Wildman–Crippen MR) is 107 cm³/mol. The minimum Gasteiger partial charge on any atom is -0.345 e. The highest BCUT2D eigenvalue weighted by Crippen LogP contribution is 2.31. The van der Waals surface area contributed by atoms with Gasteiger partial charge in [0.1, 0.15) is 5.52 Å². The number of carbonyl (C=O) groups excluding carboxylic acids is 2. The average molecular weight is 377 g/mol. The average Bonchev–Trinajstić information content (AvgIpc) is 3.36. The normalized spacial score (nSPS) is 14.4. The topological polar surface area (TPSA) is 80.1 Å². The van der Waals surface area contributed by atoms with Crippen LogP contribution in [-0.4, -0.2) is 45.3 Å². The van der Waals surface area contributed by atoms with Gasteiger partial charge in [-0.2, -0.15) is 0 Å². The molecule has 0 unspecified atom stereocenters. The van der Waals surface area contributed by atoms with Gasteiger partial charge < -0.3 is 14.8 Å². The number of imidazole rings is 1. The molecule has 0 bridgehead atoms. The van der Waals surface area contributed by atoms with Gasteiger partial charge in [0, 0.05) is 37.6 Å². The van der Waals surface area contributed by atoms with Crippen molar-refractivity contribution in [2.75, 3.05) is 19.4 Å². The molecule has 1 fully saturated rings. The van der Waals surface area contributed by atoms with Crippen molar-refractivity contribution in [1.82, 2.24) is 19.4 Å². The molecule has 7 heteroatoms. The van der Waals surface area contributed by atoms with E-state index >= 15 is 0 Å². The molecular formula is C21H23N5O2. The van der Waals surface area contributed by atoms with Crippen LogP contribution in [-0.2, 0) is 0 Å². The van der Waals surface area contributed by atoms with Crippen LogP contribution in [0.5, 0.6) is 0 Å². The molecule has 1 aliphatic rings. The van der Waals surface area contributed by atoms with E-state index in [1.807, 2.05) is 6.33 Å². The second-order valence-corrected chi connectivity index (χ2v) is 7.39. The van der Waals surface area contributed by atoms with E-state index in [0.29, 0.717) is 22.9 Å². The number of fused-ring (bicyclic) bond motifs is 1. The van der Waals surface area contributed by atoms with E-state index in [1.165, 1.54) is 17.7 Å². The first kappa shape index (κ1) is 18.2. The van der Waals surface area contributed by atoms with Crippen molar-refractivity contribution in [3.05, 3.63) is 54.0 Å². The van der Waals surface area contributed by atoms with Gasteiger partial charge in [0.25, 0.3) is 11.8 Å². The molecule has 0 atom stereocenters. The van der Waals surface area contributed by atoms with Gasteiger partial charge in [0.2, 0.25) is 0 Å². The molecule has 3 aromatic rings. The van der Waals surface area contributed by atoms with Crippen LogP contribution in [0, 0.1) is 0 Å². The number of carbonyl (C=O) groups is 2. The van der Waals surface area contributed by atoms with Crippen LogP contribution in [0.15, 0.2) is 42.9 Å². The number of benzene rings is 1. The molecule has 1 saturated carbocycles. The van der Waals surface area contributed by atoms with Gasteiger partial charge >= 0.3 is 0 Å². The summed E-state index contributed by atoms with van der Waals surface area (Å²) in [5.41, 5.74) is 3.06. The van der Waals surface area contributed by atoms with Crippen LogP contribution < -0.4 is 5.32 Å². The number of pyridine rings is 1. The fraction of sp³-hybridized carbons (Fsp3) is 0.333. The van der Waals surface area contributed by atoms with Crippen LogP contribution in [0.1, 0.15) is 52.4 Å². The Hall–Kier alpha value is -3.22. The zero-order valence-electron chi connectivity index (χ0n) is 16.1. The van der Waals surface area contributed by atoms with Crippen LogP contribution in [0.25, 0.3) is 11.2 Å². The lowest BCUT2D eigenvalue weighted by Gasteiger charge is -2.12. The SMILES string of the molecule is CN(C)C(=O)c1cccc(NC(=O)c2cnc3c(c2)ncn3C2CCCC2)c1. The second-order valence-electron chi connectivity index (χ2n) is 7.39. The Morgan fingerprint density at radius 3 is 2.64 bits per heavy atom. The van der Waals surface area contributed by atoms with Crippen molar-refractivity contribution in [2.24, 2.45) is 0 Å². The molecule has 4 rings (SSSR count). The third-order valence-corrected chi connectivity index (χ3v) is 5.17. The zero-order valence-corrected chi connectivity index (χ0v) is 16.1. The number of nitrogens with one attached hydrogen (secondary N) is 1. The van der Waals surface area contributed by atoms with Crippen molar-refractivity contribution in [1.29, 1.82) is 0 Å². The molecule has 0 saturated heterocycles. The van der Waals surface area contributed by atoms with Gasteiger partial charge in [-0.3, -0.25) is 9.59 Å². The quantitative estimate of drug-likeness (QED) is 0.755. The maximum Gasteiger partial charge on any atom is 0.257 e. The standard InChI is InChI=1S/C21H23N5O2/c1-25(2)21(28)14-6-5-7-16(10-14)24-20(27)15-11-18-19(22-12-15)26(13-23-18)17-8-3-4-9-17/h5-7,10-13,17H,3-4,8-9H2,1-2H3,(H,24,27). The smallest absolute Gasteiger partial charge is 0.257 e. The largest absolute Gasteiger partial charge is 0.345 e. The number of nitrogens with zero attached hydrogens (tertiary/aromatic N) is 4. The summed E-state index contributed by atoms with van der Waals surface area (Å²) >= 11 is 0. The Morgan fingerprint density at radius 2 is 1.89 bits per heavy atom. The van der Waals surface area contributed by atoms with E-state index in [1.54, 1.807) is 50.6 Å². The molecule has 2 heterocycles. The molecule has 0 spiro atoms. The fourth-order valence-electron chi connectivity index (χ4n) is 3.68. The highest BCUT2D eigenvalue weighted by Gasteiger charge is 2.20. The Morgan fingerprint density at radius 1 is 1.11 bits per heavy atom. The Balaban J connectivity index is 1.54. The maximum absolute atomic E-state index is 12.7. The summed E-state index contributed by atoms with van der Waals surface area (Å²) in [5, 5.41) is 2.83. The minimum atomic E-state index is -0.278. The minimum absolute atomic E-state index is 0.114. The van der Waals surface area contributed by atoms with Gasteiger partial charge in [-0.05, 0) is 37.1 Å². The van der Waals surface area contributed by atoms with Gasteiger partial charge in [0.15, 0.2) is 5.65 Å². The van der Waals surface area contributed by atoms with E-state index in [0.717, 1.165) is 24.0 Å². The zero-order chi connectivity index (χ0) is 19.7. The summed E-state index contributed by atoms with van der Waals surface area (Å²) in [7, 11) is 3.39. The second kappa shape index (κ2) is 7.42. The van der Waals surface area contributed by atoms with Crippen LogP contribution in [0.2, 0.25) is 0 Å². The van der Waals surface area contributed by atoms with Crippen molar-refractivity contribution in [3.63, 3.8) is 0 Å². The molecule has 1 N–H and O–H groups in total. The van der Waals surface area contributed by atoms with Crippen molar-refractivity contribution in [2.45, 2.75) is 31.7 Å². The predicted octanol–water partition coefficient (Wildman–Crippen LogP) is 3.50. The lowest BCUT2D eigenvalue weighted by atomic mass is 10.1. The maximum atomic E-state index is 12.7. The van der Waals surface area contributed by atoms with Gasteiger partial charge in [-0.1, -0.05) is 18.9 Å². The van der Waals surface area contributed by atoms with Crippen molar-refractivity contribution < 1.29 is 9.59 Å². The van der Waals surface area contributed by atoms with Gasteiger partial charge in [-0.25, -0.2) is 9.97 Å². The summed E-state index contributed by atoms with van der Waals surface area (Å²) in [6.07, 6.45) is 8.18. The van der Waals surface area contributed by atoms with E-state index < -0.39 is 0 Å². The van der Waals surface area contributed by atoms with Crippen LogP contribution in [0.4, 0.5) is 5.69 Å². The van der Waals surface area contributed by atoms with E-state index in [-0.39, 0.29) is 11.8 Å². The van der Waals surface area contributed by atoms with Gasteiger partial charge in [-0.15, -0.1) is 0 Å². The van der Waals surface area contributed by atoms with Gasteiger partial charge in [0.05, 0.1) is 11.9 Å². The first-order chi connectivity index (χ1) is 13.5. The first-order valence-electron chi connectivity index (χ1n) is 9.48. The Bertz CT molecular complexity index is 1030. The third-order valence-electron chi connectivity index (χ3n) is 5.17. The lowest BCUT2D eigenvalue weighted by molar-refractivity contribution is 0.0827. The Labute approximate surface area is 163 Å². The highest BCUT2D eigenvalue weighted by atomic mass is 16.2. The molecule has 144 valence electrons. The number of hydrogen-bond acceptors (Lipinski definition) is 4. The fourth-order valence-corrected chi connectivity index (χ4v) is 3.68. The summed E-state index contributed by atoms with van der Waals surface area (Å²) < 4.78 is 2.13. The molecule has 2 aromatic heterocycles. The van der Waals surface area contributed by atoms with Crippen molar-refractivity contribution in [3.8, 4) is 0 Å². The monoisotopic (exact) mass is 377 g/mol. The first-order valence-corrected chi connectivity index (χ1v) is 9.48. The number of rotatable bonds is 4. The third kappa shape index (κ3) is 3.47. The summed E-state index contributed by atoms with van der Waals surface area (Å²) in [4.78, 5) is 35.2. The Kier molecular flexibility index (Phi) is 4.81. The summed E-state index contributed by atoms with van der Waals surface area (Å²) in [6.45, 7) is 0. The molecule has 1 aromatic carbocycles. The molecule has 1 aliphatic carbocycles.